The molecule has 0 unspecified atom stereocenters. The van der Waals surface area contributed by atoms with Gasteiger partial charge in [-0.2, -0.15) is 0 Å². The van der Waals surface area contributed by atoms with Crippen LogP contribution in [0.4, 0.5) is 0 Å². The Kier molecular flexibility index (Phi) is 8.63. The summed E-state index contributed by atoms with van der Waals surface area (Å²) in [4.78, 5) is 0. The largest absolute Gasteiger partial charge is 0.0616 e. The van der Waals surface area contributed by atoms with Crippen molar-refractivity contribution in [3.05, 3.63) is 226 Å². The number of hydrogen-bond donors (Lipinski definition) is 0. The van der Waals surface area contributed by atoms with Crippen LogP contribution in [-0.4, -0.2) is 0 Å². The topological polar surface area (TPSA) is 0 Å². The van der Waals surface area contributed by atoms with Gasteiger partial charge in [-0.25, -0.2) is 0 Å². The molecule has 0 amide bonds. The van der Waals surface area contributed by atoms with E-state index in [1.54, 1.807) is 0 Å². The molecule has 0 saturated carbocycles. The number of rotatable bonds is 0. The van der Waals surface area contributed by atoms with Gasteiger partial charge in [-0.05, 0) is 79.5 Å². The van der Waals surface area contributed by atoms with Crippen LogP contribution in [0, 0.1) is 47.4 Å². The van der Waals surface area contributed by atoms with E-state index in [0.717, 1.165) is 87.6 Å². The summed E-state index contributed by atoms with van der Waals surface area (Å²) in [7, 11) is 0. The Morgan fingerprint density at radius 2 is 0.389 bits per heavy atom. The summed E-state index contributed by atoms with van der Waals surface area (Å²) in [6, 6.07) is 62.5. The Hall–Kier alpha value is -7.74. The molecule has 54 heavy (non-hydrogen) atoms. The first-order chi connectivity index (χ1) is 26.8. The van der Waals surface area contributed by atoms with Crippen LogP contribution in [0.5, 0.6) is 0 Å². The molecule has 0 radical (unpaired) electrons. The SMILES string of the molecule is C(#Cc1cccc2ccccc12)c1cc(C#Cc2cccc3ccccc23)c(C#Cc2cccc3ccccc23)cc1C#Cc1cccc2ccccc12. The van der Waals surface area contributed by atoms with Gasteiger partial charge in [0, 0.05) is 44.5 Å². The van der Waals surface area contributed by atoms with Crippen molar-refractivity contribution in [2.24, 2.45) is 0 Å². The molecule has 0 aliphatic heterocycles. The van der Waals surface area contributed by atoms with Crippen LogP contribution in [0.1, 0.15) is 44.5 Å². The molecule has 0 atom stereocenters. The minimum Gasteiger partial charge on any atom is -0.0616 e. The van der Waals surface area contributed by atoms with Gasteiger partial charge in [-0.15, -0.1) is 0 Å². The Morgan fingerprint density at radius 3 is 0.648 bits per heavy atom. The fraction of sp³-hybridized carbons (Fsp3) is 0. The molecule has 0 heteroatoms. The third kappa shape index (κ3) is 6.57. The van der Waals surface area contributed by atoms with Gasteiger partial charge in [0.05, 0.1) is 0 Å². The summed E-state index contributed by atoms with van der Waals surface area (Å²) in [5.74, 6) is 28.1. The molecular formula is C54H30. The van der Waals surface area contributed by atoms with Gasteiger partial charge in [0.15, 0.2) is 0 Å². The molecule has 0 saturated heterocycles. The highest BCUT2D eigenvalue weighted by molar-refractivity contribution is 5.91. The van der Waals surface area contributed by atoms with Gasteiger partial charge in [-0.1, -0.05) is 193 Å². The minimum atomic E-state index is 0.800. The van der Waals surface area contributed by atoms with E-state index >= 15 is 0 Å². The summed E-state index contributed by atoms with van der Waals surface area (Å²) in [6.07, 6.45) is 0. The molecule has 9 aromatic rings. The molecule has 0 nitrogen and oxygen atoms in total. The van der Waals surface area contributed by atoms with E-state index in [1.807, 2.05) is 0 Å². The zero-order chi connectivity index (χ0) is 36.1. The van der Waals surface area contributed by atoms with Gasteiger partial charge < -0.3 is 0 Å². The van der Waals surface area contributed by atoms with E-state index in [4.69, 9.17) is 0 Å². The highest BCUT2D eigenvalue weighted by Crippen LogP contribution is 2.23. The van der Waals surface area contributed by atoms with Crippen LogP contribution in [0.2, 0.25) is 0 Å². The molecule has 0 aliphatic carbocycles. The van der Waals surface area contributed by atoms with Crippen molar-refractivity contribution in [3.8, 4) is 47.4 Å². The molecular weight excluding hydrogens is 649 g/mol. The second kappa shape index (κ2) is 14.5. The molecule has 0 N–H and O–H groups in total. The van der Waals surface area contributed by atoms with Gasteiger partial charge in [0.25, 0.3) is 0 Å². The Bertz CT molecular complexity index is 2730. The molecule has 0 aliphatic rings. The smallest absolute Gasteiger partial charge is 0.0419 e. The summed E-state index contributed by atoms with van der Waals surface area (Å²) in [5, 5.41) is 9.08. The van der Waals surface area contributed by atoms with Crippen LogP contribution >= 0.6 is 0 Å². The van der Waals surface area contributed by atoms with Crippen molar-refractivity contribution in [3.63, 3.8) is 0 Å². The van der Waals surface area contributed by atoms with Crippen molar-refractivity contribution in [2.75, 3.05) is 0 Å². The number of benzene rings is 9. The standard InChI is InChI=1S/C54H30/c1-5-25-51-39(13-1)17-9-21-43(51)29-33-47-37-49(35-31-45-23-11-19-41-15-3-7-27-53(41)45)50(36-32-46-24-12-20-42-16-4-8-28-54(42)46)38-48(47)34-30-44-22-10-18-40-14-2-6-26-52(40)44/h1-28,37-38H. The summed E-state index contributed by atoms with van der Waals surface area (Å²) >= 11 is 0. The first-order valence-corrected chi connectivity index (χ1v) is 17.9. The monoisotopic (exact) mass is 678 g/mol. The predicted octanol–water partition coefficient (Wildman–Crippen LogP) is 11.9. The number of hydrogen-bond acceptors (Lipinski definition) is 0. The lowest BCUT2D eigenvalue weighted by Gasteiger charge is -2.05. The van der Waals surface area contributed by atoms with E-state index < -0.39 is 0 Å². The van der Waals surface area contributed by atoms with E-state index in [0.29, 0.717) is 0 Å². The molecule has 0 bridgehead atoms. The Labute approximate surface area is 315 Å². The summed E-state index contributed by atoms with van der Waals surface area (Å²) < 4.78 is 0. The lowest BCUT2D eigenvalue weighted by molar-refractivity contribution is 1.51. The molecule has 0 spiro atoms. The van der Waals surface area contributed by atoms with Crippen molar-refractivity contribution < 1.29 is 0 Å². The summed E-state index contributed by atoms with van der Waals surface area (Å²) in [5.41, 5.74) is 7.05. The quantitative estimate of drug-likeness (QED) is 0.140. The van der Waals surface area contributed by atoms with Crippen LogP contribution in [0.15, 0.2) is 182 Å². The van der Waals surface area contributed by atoms with E-state index in [-0.39, 0.29) is 0 Å². The van der Waals surface area contributed by atoms with Crippen molar-refractivity contribution in [1.82, 2.24) is 0 Å². The van der Waals surface area contributed by atoms with E-state index in [9.17, 15) is 0 Å². The maximum Gasteiger partial charge on any atom is 0.0419 e. The zero-order valence-corrected chi connectivity index (χ0v) is 29.3. The first-order valence-electron chi connectivity index (χ1n) is 17.9. The van der Waals surface area contributed by atoms with Crippen molar-refractivity contribution in [2.45, 2.75) is 0 Å². The maximum absolute atomic E-state index is 3.52. The van der Waals surface area contributed by atoms with Crippen LogP contribution in [0.25, 0.3) is 43.1 Å². The molecule has 0 aromatic heterocycles. The Balaban J connectivity index is 1.27. The molecule has 0 fully saturated rings. The number of fused-ring (bicyclic) bond motifs is 4. The molecule has 9 aromatic carbocycles. The Morgan fingerprint density at radius 1 is 0.185 bits per heavy atom. The van der Waals surface area contributed by atoms with E-state index in [1.165, 1.54) is 0 Å². The zero-order valence-electron chi connectivity index (χ0n) is 29.3. The van der Waals surface area contributed by atoms with Gasteiger partial charge in [-0.3, -0.25) is 0 Å². The highest BCUT2D eigenvalue weighted by atomic mass is 14.1. The second-order valence-corrected chi connectivity index (χ2v) is 13.1. The first kappa shape index (κ1) is 32.2. The van der Waals surface area contributed by atoms with E-state index in [2.05, 4.69) is 229 Å². The third-order valence-corrected chi connectivity index (χ3v) is 9.64. The highest BCUT2D eigenvalue weighted by Gasteiger charge is 2.08. The van der Waals surface area contributed by atoms with Gasteiger partial charge in [0.2, 0.25) is 0 Å². The minimum absolute atomic E-state index is 0.800. The van der Waals surface area contributed by atoms with Crippen molar-refractivity contribution >= 4 is 43.1 Å². The van der Waals surface area contributed by atoms with Crippen LogP contribution < -0.4 is 0 Å². The normalized spacial score (nSPS) is 10.4. The molecule has 0 heterocycles. The lowest BCUT2D eigenvalue weighted by atomic mass is 9.96. The fourth-order valence-electron chi connectivity index (χ4n) is 6.89. The second-order valence-electron chi connectivity index (χ2n) is 13.1. The van der Waals surface area contributed by atoms with Crippen LogP contribution in [-0.2, 0) is 0 Å². The van der Waals surface area contributed by atoms with Gasteiger partial charge in [0.1, 0.15) is 0 Å². The lowest BCUT2D eigenvalue weighted by Crippen LogP contribution is -1.93. The predicted molar refractivity (Wildman–Crippen MR) is 226 cm³/mol. The molecule has 9 rings (SSSR count). The van der Waals surface area contributed by atoms with Crippen LogP contribution in [0.3, 0.4) is 0 Å². The van der Waals surface area contributed by atoms with Gasteiger partial charge >= 0.3 is 0 Å². The average Bonchev–Trinajstić information content (AvgIpc) is 3.23. The summed E-state index contributed by atoms with van der Waals surface area (Å²) in [6.45, 7) is 0. The average molecular weight is 679 g/mol. The molecule has 246 valence electrons. The fourth-order valence-corrected chi connectivity index (χ4v) is 6.89. The maximum atomic E-state index is 3.52. The third-order valence-electron chi connectivity index (χ3n) is 9.64. The van der Waals surface area contributed by atoms with Crippen molar-refractivity contribution in [1.29, 1.82) is 0 Å².